The van der Waals surface area contributed by atoms with Crippen LogP contribution in [0.25, 0.3) is 11.1 Å². The molecular weight excluding hydrogens is 520 g/mol. The summed E-state index contributed by atoms with van der Waals surface area (Å²) in [6, 6.07) is 7.72. The number of nitrogens with one attached hydrogen (secondary N) is 3. The summed E-state index contributed by atoms with van der Waals surface area (Å²) in [6.45, 7) is 3.18. The number of nitrogens with zero attached hydrogens (tertiary/aromatic N) is 1. The van der Waals surface area contributed by atoms with Crippen LogP contribution in [0.3, 0.4) is 0 Å². The third-order valence-corrected chi connectivity index (χ3v) is 6.11. The molecule has 2 heterocycles. The van der Waals surface area contributed by atoms with Crippen molar-refractivity contribution in [2.24, 2.45) is 0 Å². The molecule has 3 N–H and O–H groups in total. The van der Waals surface area contributed by atoms with Gasteiger partial charge in [0.2, 0.25) is 5.91 Å². The standard InChI is InChI=1S/C27H26F4N4O4/c1-3-39-23-11-24(36)32-12-21(23)15-4-5-16(22(28)8-15)9-25(37)33-19-7-17(6-18(10-19)27(29,30)31)26(38)34-20-13-35(2)14-20/h4-8,10-12,20H,3,9,13-14H2,1-2H3,(H,32,36)(H,33,37)(H,34,38). The minimum absolute atomic E-state index is 0.00215. The minimum Gasteiger partial charge on any atom is -0.493 e. The lowest BCUT2D eigenvalue weighted by Crippen LogP contribution is -2.57. The Morgan fingerprint density at radius 1 is 1.13 bits per heavy atom. The maximum atomic E-state index is 14.9. The van der Waals surface area contributed by atoms with Crippen LogP contribution in [0.2, 0.25) is 0 Å². The number of benzene rings is 2. The lowest BCUT2D eigenvalue weighted by atomic mass is 10.0. The number of hydrogen-bond acceptors (Lipinski definition) is 5. The van der Waals surface area contributed by atoms with E-state index in [1.807, 2.05) is 11.9 Å². The van der Waals surface area contributed by atoms with Crippen molar-refractivity contribution in [2.45, 2.75) is 25.6 Å². The zero-order valence-electron chi connectivity index (χ0n) is 21.1. The molecule has 0 atom stereocenters. The van der Waals surface area contributed by atoms with E-state index in [1.54, 1.807) is 6.92 Å². The maximum absolute atomic E-state index is 14.9. The number of ether oxygens (including phenoxy) is 1. The van der Waals surface area contributed by atoms with Crippen LogP contribution in [0.4, 0.5) is 23.2 Å². The molecule has 1 aliphatic heterocycles. The highest BCUT2D eigenvalue weighted by atomic mass is 19.4. The molecular formula is C27H26F4N4O4. The number of H-pyrrole nitrogens is 1. The molecule has 1 saturated heterocycles. The average molecular weight is 547 g/mol. The van der Waals surface area contributed by atoms with E-state index >= 15 is 0 Å². The number of aromatic amines is 1. The van der Waals surface area contributed by atoms with Gasteiger partial charge in [-0.25, -0.2) is 4.39 Å². The van der Waals surface area contributed by atoms with Crippen LogP contribution in [0.5, 0.6) is 5.75 Å². The molecule has 2 aromatic carbocycles. The van der Waals surface area contributed by atoms with Gasteiger partial charge in [-0.1, -0.05) is 12.1 Å². The van der Waals surface area contributed by atoms with Crippen molar-refractivity contribution in [3.05, 3.63) is 81.5 Å². The summed E-state index contributed by atoms with van der Waals surface area (Å²) in [7, 11) is 1.85. The van der Waals surface area contributed by atoms with Gasteiger partial charge >= 0.3 is 6.18 Å². The summed E-state index contributed by atoms with van der Waals surface area (Å²) in [5.41, 5.74) is -1.15. The number of aromatic nitrogens is 1. The summed E-state index contributed by atoms with van der Waals surface area (Å²) in [4.78, 5) is 41.3. The Balaban J connectivity index is 1.51. The third-order valence-electron chi connectivity index (χ3n) is 6.11. The Morgan fingerprint density at radius 3 is 2.51 bits per heavy atom. The molecule has 0 unspecified atom stereocenters. The number of amides is 2. The van der Waals surface area contributed by atoms with Crippen LogP contribution in [-0.2, 0) is 17.4 Å². The summed E-state index contributed by atoms with van der Waals surface area (Å²) in [5.74, 6) is -1.93. The van der Waals surface area contributed by atoms with Crippen molar-refractivity contribution in [3.8, 4) is 16.9 Å². The molecule has 8 nitrogen and oxygen atoms in total. The van der Waals surface area contributed by atoms with Crippen molar-refractivity contribution < 1.29 is 31.9 Å². The molecule has 1 aliphatic rings. The smallest absolute Gasteiger partial charge is 0.416 e. The third kappa shape index (κ3) is 6.82. The lowest BCUT2D eigenvalue weighted by molar-refractivity contribution is -0.137. The molecule has 0 radical (unpaired) electrons. The van der Waals surface area contributed by atoms with E-state index in [2.05, 4.69) is 15.6 Å². The molecule has 1 fully saturated rings. The number of anilines is 1. The predicted molar refractivity (Wildman–Crippen MR) is 136 cm³/mol. The summed E-state index contributed by atoms with van der Waals surface area (Å²) < 4.78 is 60.8. The summed E-state index contributed by atoms with van der Waals surface area (Å²) in [5, 5.41) is 5.00. The SMILES string of the molecule is CCOc1cc(=O)[nH]cc1-c1ccc(CC(=O)Nc2cc(C(=O)NC3CN(C)C3)cc(C(F)(F)F)c2)c(F)c1. The van der Waals surface area contributed by atoms with Gasteiger partial charge < -0.3 is 25.3 Å². The second-order valence-corrected chi connectivity index (χ2v) is 9.23. The van der Waals surface area contributed by atoms with Crippen LogP contribution >= 0.6 is 0 Å². The van der Waals surface area contributed by atoms with E-state index < -0.39 is 35.8 Å². The molecule has 2 amide bonds. The van der Waals surface area contributed by atoms with Crippen molar-refractivity contribution in [1.29, 1.82) is 0 Å². The highest BCUT2D eigenvalue weighted by molar-refractivity contribution is 5.98. The Morgan fingerprint density at radius 2 is 1.87 bits per heavy atom. The number of alkyl halides is 3. The quantitative estimate of drug-likeness (QED) is 0.373. The molecule has 3 aromatic rings. The Kier molecular flexibility index (Phi) is 8.05. The van der Waals surface area contributed by atoms with Crippen molar-refractivity contribution in [1.82, 2.24) is 15.2 Å². The fourth-order valence-corrected chi connectivity index (χ4v) is 4.24. The van der Waals surface area contributed by atoms with E-state index in [-0.39, 0.29) is 40.8 Å². The minimum atomic E-state index is -4.75. The van der Waals surface area contributed by atoms with Gasteiger partial charge in [0.05, 0.1) is 24.6 Å². The lowest BCUT2D eigenvalue weighted by Gasteiger charge is -2.36. The number of carbonyl (C=O) groups is 2. The van der Waals surface area contributed by atoms with Gasteiger partial charge in [-0.05, 0) is 49.4 Å². The van der Waals surface area contributed by atoms with Gasteiger partial charge in [0, 0.05) is 42.2 Å². The number of likely N-dealkylation sites (tertiary alicyclic amines) is 1. The highest BCUT2D eigenvalue weighted by Crippen LogP contribution is 2.33. The number of likely N-dealkylation sites (N-methyl/N-ethyl adjacent to an activating group) is 1. The van der Waals surface area contributed by atoms with Crippen molar-refractivity contribution in [3.63, 3.8) is 0 Å². The normalized spacial score (nSPS) is 14.0. The molecule has 0 bridgehead atoms. The fraction of sp³-hybridized carbons (Fsp3) is 0.296. The first-order valence-corrected chi connectivity index (χ1v) is 12.1. The molecule has 0 saturated carbocycles. The molecule has 206 valence electrons. The van der Waals surface area contributed by atoms with E-state index in [0.717, 1.165) is 18.2 Å². The predicted octanol–water partition coefficient (Wildman–Crippen LogP) is 3.82. The van der Waals surface area contributed by atoms with E-state index in [0.29, 0.717) is 24.2 Å². The van der Waals surface area contributed by atoms with E-state index in [4.69, 9.17) is 4.74 Å². The Labute approximate surface area is 221 Å². The van der Waals surface area contributed by atoms with E-state index in [9.17, 15) is 31.9 Å². The molecule has 39 heavy (non-hydrogen) atoms. The van der Waals surface area contributed by atoms with Gasteiger partial charge in [-0.2, -0.15) is 13.2 Å². The number of rotatable bonds is 8. The first-order valence-electron chi connectivity index (χ1n) is 12.1. The van der Waals surface area contributed by atoms with Gasteiger partial charge in [0.1, 0.15) is 11.6 Å². The molecule has 0 aliphatic carbocycles. The van der Waals surface area contributed by atoms with E-state index in [1.165, 1.54) is 30.5 Å². The first-order chi connectivity index (χ1) is 18.4. The van der Waals surface area contributed by atoms with Crippen molar-refractivity contribution >= 4 is 17.5 Å². The first kappa shape index (κ1) is 27.8. The zero-order valence-corrected chi connectivity index (χ0v) is 21.1. The van der Waals surface area contributed by atoms with Crippen LogP contribution < -0.4 is 20.9 Å². The van der Waals surface area contributed by atoms with Crippen LogP contribution in [-0.4, -0.2) is 54.5 Å². The number of pyridine rings is 1. The van der Waals surface area contributed by atoms with Crippen molar-refractivity contribution in [2.75, 3.05) is 32.1 Å². The number of hydrogen-bond donors (Lipinski definition) is 3. The number of halogens is 4. The topological polar surface area (TPSA) is 104 Å². The Hall–Kier alpha value is -4.19. The molecule has 12 heteroatoms. The zero-order chi connectivity index (χ0) is 28.3. The van der Waals surface area contributed by atoms with Gasteiger partial charge in [0.15, 0.2) is 0 Å². The largest absolute Gasteiger partial charge is 0.493 e. The van der Waals surface area contributed by atoms with Gasteiger partial charge in [0.25, 0.3) is 11.5 Å². The van der Waals surface area contributed by atoms with Gasteiger partial charge in [-0.15, -0.1) is 0 Å². The summed E-state index contributed by atoms with van der Waals surface area (Å²) in [6.07, 6.45) is -3.84. The average Bonchev–Trinajstić information content (AvgIpc) is 2.84. The molecule has 0 spiro atoms. The summed E-state index contributed by atoms with van der Waals surface area (Å²) >= 11 is 0. The van der Waals surface area contributed by atoms with Crippen LogP contribution in [0.15, 0.2) is 53.5 Å². The maximum Gasteiger partial charge on any atom is 0.416 e. The monoisotopic (exact) mass is 546 g/mol. The van der Waals surface area contributed by atoms with Gasteiger partial charge in [-0.3, -0.25) is 14.4 Å². The van der Waals surface area contributed by atoms with Crippen LogP contribution in [0, 0.1) is 5.82 Å². The second kappa shape index (κ2) is 11.3. The fourth-order valence-electron chi connectivity index (χ4n) is 4.24. The molecule has 1 aromatic heterocycles. The second-order valence-electron chi connectivity index (χ2n) is 9.23. The molecule has 4 rings (SSSR count). The number of carbonyl (C=O) groups excluding carboxylic acids is 2. The Bertz CT molecular complexity index is 1450. The highest BCUT2D eigenvalue weighted by Gasteiger charge is 2.33. The van der Waals surface area contributed by atoms with Crippen LogP contribution in [0.1, 0.15) is 28.4 Å².